The highest BCUT2D eigenvalue weighted by Gasteiger charge is 2.07. The van der Waals surface area contributed by atoms with Crippen LogP contribution in [0.1, 0.15) is 11.8 Å². The van der Waals surface area contributed by atoms with Crippen molar-refractivity contribution < 1.29 is 8.83 Å². The lowest BCUT2D eigenvalue weighted by atomic mass is 10.8. The lowest BCUT2D eigenvalue weighted by Crippen LogP contribution is -1.67. The molecule has 0 aliphatic rings. The molecule has 2 aromatic rings. The van der Waals surface area contributed by atoms with Crippen LogP contribution in [-0.4, -0.2) is 9.97 Å². The van der Waals surface area contributed by atoms with Gasteiger partial charge in [0.1, 0.15) is 0 Å². The van der Waals surface area contributed by atoms with Gasteiger partial charge in [0.2, 0.25) is 0 Å². The molecule has 0 saturated carbocycles. The molecule has 2 heterocycles. The van der Waals surface area contributed by atoms with Gasteiger partial charge >= 0.3 is 0 Å². The van der Waals surface area contributed by atoms with Crippen molar-refractivity contribution in [3.05, 3.63) is 11.8 Å². The molecule has 0 fully saturated rings. The van der Waals surface area contributed by atoms with Gasteiger partial charge in [0, 0.05) is 13.8 Å². The van der Waals surface area contributed by atoms with E-state index >= 15 is 0 Å². The number of hydrogen-bond acceptors (Lipinski definition) is 4. The van der Waals surface area contributed by atoms with E-state index in [9.17, 15) is 0 Å². The molecular formula is C6H6N2O2. The van der Waals surface area contributed by atoms with Crippen molar-refractivity contribution in [2.75, 3.05) is 0 Å². The van der Waals surface area contributed by atoms with Crippen LogP contribution in [0.15, 0.2) is 8.83 Å². The van der Waals surface area contributed by atoms with Crippen LogP contribution in [0.4, 0.5) is 0 Å². The third-order valence-electron chi connectivity index (χ3n) is 1.19. The fraction of sp³-hybridized carbons (Fsp3) is 0.333. The molecule has 0 spiro atoms. The van der Waals surface area contributed by atoms with Gasteiger partial charge < -0.3 is 8.83 Å². The first-order chi connectivity index (χ1) is 4.75. The van der Waals surface area contributed by atoms with Gasteiger partial charge in [0.25, 0.3) is 11.4 Å². The van der Waals surface area contributed by atoms with Crippen molar-refractivity contribution in [2.24, 2.45) is 0 Å². The van der Waals surface area contributed by atoms with Crippen LogP contribution in [0.3, 0.4) is 0 Å². The minimum absolute atomic E-state index is 0.481. The van der Waals surface area contributed by atoms with Crippen LogP contribution in [-0.2, 0) is 0 Å². The second-order valence-corrected chi connectivity index (χ2v) is 2.08. The molecule has 4 nitrogen and oxygen atoms in total. The van der Waals surface area contributed by atoms with Crippen LogP contribution in [0.2, 0.25) is 0 Å². The summed E-state index contributed by atoms with van der Waals surface area (Å²) in [6, 6.07) is 0. The van der Waals surface area contributed by atoms with E-state index in [0.29, 0.717) is 23.2 Å². The summed E-state index contributed by atoms with van der Waals surface area (Å²) < 4.78 is 10.1. The largest absolute Gasteiger partial charge is 0.420 e. The summed E-state index contributed by atoms with van der Waals surface area (Å²) in [6.07, 6.45) is 0. The first-order valence-corrected chi connectivity index (χ1v) is 2.96. The van der Waals surface area contributed by atoms with Gasteiger partial charge in [0.15, 0.2) is 11.8 Å². The van der Waals surface area contributed by atoms with Crippen molar-refractivity contribution >= 4 is 11.4 Å². The van der Waals surface area contributed by atoms with Crippen LogP contribution >= 0.6 is 0 Å². The van der Waals surface area contributed by atoms with Crippen LogP contribution in [0.25, 0.3) is 11.4 Å². The molecule has 0 radical (unpaired) electrons. The number of hydrogen-bond donors (Lipinski definition) is 0. The van der Waals surface area contributed by atoms with E-state index in [2.05, 4.69) is 9.97 Å². The van der Waals surface area contributed by atoms with Crippen LogP contribution in [0, 0.1) is 13.8 Å². The van der Waals surface area contributed by atoms with Crippen LogP contribution < -0.4 is 0 Å². The third-order valence-corrected chi connectivity index (χ3v) is 1.19. The molecule has 52 valence electrons. The zero-order valence-corrected chi connectivity index (χ0v) is 5.71. The molecule has 0 N–H and O–H groups in total. The average Bonchev–Trinajstić information content (AvgIpc) is 2.21. The fourth-order valence-electron chi connectivity index (χ4n) is 0.840. The summed E-state index contributed by atoms with van der Waals surface area (Å²) in [5, 5.41) is 0. The van der Waals surface area contributed by atoms with Gasteiger partial charge in [-0.15, -0.1) is 0 Å². The molecule has 0 amide bonds. The average molecular weight is 138 g/mol. The molecule has 0 unspecified atom stereocenters. The van der Waals surface area contributed by atoms with E-state index < -0.39 is 0 Å². The molecule has 0 bridgehead atoms. The molecule has 2 rings (SSSR count). The Morgan fingerprint density at radius 2 is 1.30 bits per heavy atom. The molecule has 0 saturated heterocycles. The predicted octanol–water partition coefficient (Wildman–Crippen LogP) is 1.43. The molecular weight excluding hydrogens is 132 g/mol. The van der Waals surface area contributed by atoms with E-state index in [4.69, 9.17) is 8.83 Å². The standard InChI is InChI=1S/C6H6N2O2/c1-3-7-5-6(9-3)8-4(2)10-5/h1-2H3. The van der Waals surface area contributed by atoms with Gasteiger partial charge in [-0.1, -0.05) is 0 Å². The maximum absolute atomic E-state index is 5.07. The van der Waals surface area contributed by atoms with Crippen molar-refractivity contribution in [1.29, 1.82) is 0 Å². The number of aromatic nitrogens is 2. The topological polar surface area (TPSA) is 52.1 Å². The highest BCUT2D eigenvalue weighted by atomic mass is 16.4. The normalized spacial score (nSPS) is 11.0. The number of oxazole rings is 2. The van der Waals surface area contributed by atoms with Crippen molar-refractivity contribution in [2.45, 2.75) is 13.8 Å². The highest BCUT2D eigenvalue weighted by molar-refractivity contribution is 5.59. The van der Waals surface area contributed by atoms with Crippen molar-refractivity contribution in [3.63, 3.8) is 0 Å². The van der Waals surface area contributed by atoms with Gasteiger partial charge in [-0.05, 0) is 0 Å². The van der Waals surface area contributed by atoms with Crippen molar-refractivity contribution in [1.82, 2.24) is 9.97 Å². The number of fused-ring (bicyclic) bond motifs is 1. The zero-order chi connectivity index (χ0) is 7.14. The first kappa shape index (κ1) is 5.46. The Bertz CT molecular complexity index is 298. The summed E-state index contributed by atoms with van der Waals surface area (Å²) in [5.41, 5.74) is 0.963. The van der Waals surface area contributed by atoms with Gasteiger partial charge in [-0.3, -0.25) is 0 Å². The van der Waals surface area contributed by atoms with Crippen molar-refractivity contribution in [3.8, 4) is 0 Å². The molecule has 0 atom stereocenters. The molecule has 2 aromatic heterocycles. The monoisotopic (exact) mass is 138 g/mol. The zero-order valence-electron chi connectivity index (χ0n) is 5.71. The number of rotatable bonds is 0. The van der Waals surface area contributed by atoms with E-state index in [1.165, 1.54) is 0 Å². The molecule has 0 aliphatic heterocycles. The number of nitrogens with zero attached hydrogens (tertiary/aromatic N) is 2. The summed E-state index contributed by atoms with van der Waals surface area (Å²) in [4.78, 5) is 7.88. The van der Waals surface area contributed by atoms with E-state index in [0.717, 1.165) is 0 Å². The Balaban J connectivity index is 2.83. The summed E-state index contributed by atoms with van der Waals surface area (Å²) in [5.74, 6) is 1.17. The highest BCUT2D eigenvalue weighted by Crippen LogP contribution is 2.14. The van der Waals surface area contributed by atoms with Gasteiger partial charge in [-0.25, -0.2) is 0 Å². The molecule has 4 heteroatoms. The summed E-state index contributed by atoms with van der Waals surface area (Å²) >= 11 is 0. The Kier molecular flexibility index (Phi) is 0.869. The van der Waals surface area contributed by atoms with E-state index in [1.807, 2.05) is 0 Å². The lowest BCUT2D eigenvalue weighted by Gasteiger charge is -1.74. The fourth-order valence-corrected chi connectivity index (χ4v) is 0.840. The molecule has 10 heavy (non-hydrogen) atoms. The second-order valence-electron chi connectivity index (χ2n) is 2.08. The lowest BCUT2D eigenvalue weighted by molar-refractivity contribution is 0.530. The van der Waals surface area contributed by atoms with E-state index in [1.54, 1.807) is 13.8 Å². The summed E-state index contributed by atoms with van der Waals surface area (Å²) in [7, 11) is 0. The Morgan fingerprint density at radius 1 is 0.900 bits per heavy atom. The smallest absolute Gasteiger partial charge is 0.288 e. The first-order valence-electron chi connectivity index (χ1n) is 2.96. The minimum Gasteiger partial charge on any atom is -0.420 e. The summed E-state index contributed by atoms with van der Waals surface area (Å²) in [6.45, 7) is 3.51. The second kappa shape index (κ2) is 1.59. The minimum atomic E-state index is 0.481. The molecule has 0 aromatic carbocycles. The maximum atomic E-state index is 5.07. The number of aryl methyl sites for hydroxylation is 2. The quantitative estimate of drug-likeness (QED) is 0.552. The van der Waals surface area contributed by atoms with Gasteiger partial charge in [-0.2, -0.15) is 9.97 Å². The Hall–Kier alpha value is -1.32. The van der Waals surface area contributed by atoms with Crippen LogP contribution in [0.5, 0.6) is 0 Å². The molecule has 0 aliphatic carbocycles. The Morgan fingerprint density at radius 3 is 1.70 bits per heavy atom. The Labute approximate surface area is 56.9 Å². The third kappa shape index (κ3) is 0.618. The predicted molar refractivity (Wildman–Crippen MR) is 33.5 cm³/mol. The van der Waals surface area contributed by atoms with Gasteiger partial charge in [0.05, 0.1) is 0 Å². The SMILES string of the molecule is Cc1nc2oc(C)nc2o1. The maximum Gasteiger partial charge on any atom is 0.288 e. The van der Waals surface area contributed by atoms with E-state index in [-0.39, 0.29) is 0 Å².